The van der Waals surface area contributed by atoms with Crippen LogP contribution in [0.5, 0.6) is 0 Å². The van der Waals surface area contributed by atoms with Crippen LogP contribution in [0.15, 0.2) is 54.0 Å². The molecule has 134 valence electrons. The molecule has 4 rings (SSSR count). The molecule has 5 nitrogen and oxygen atoms in total. The Morgan fingerprint density at radius 2 is 1.96 bits per heavy atom. The second-order valence-electron chi connectivity index (χ2n) is 6.53. The third-order valence-corrected chi connectivity index (χ3v) is 5.48. The molecule has 1 aliphatic rings. The number of fused-ring (bicyclic) bond motifs is 1. The summed E-state index contributed by atoms with van der Waals surface area (Å²) in [6, 6.07) is 14.2. The number of hydrogen-bond donors (Lipinski definition) is 1. The highest BCUT2D eigenvalue weighted by Crippen LogP contribution is 2.19. The molecule has 3 aromatic rings. The van der Waals surface area contributed by atoms with Gasteiger partial charge < -0.3 is 10.2 Å². The number of benzene rings is 2. The van der Waals surface area contributed by atoms with Gasteiger partial charge in [-0.1, -0.05) is 30.3 Å². The minimum absolute atomic E-state index is 0.0172. The summed E-state index contributed by atoms with van der Waals surface area (Å²) in [6.45, 7) is 4.28. The first-order valence-electron chi connectivity index (χ1n) is 8.93. The molecule has 0 saturated carbocycles. The minimum Gasteiger partial charge on any atom is -0.323 e. The van der Waals surface area contributed by atoms with Gasteiger partial charge in [0.05, 0.1) is 6.54 Å². The van der Waals surface area contributed by atoms with Crippen LogP contribution in [0.3, 0.4) is 0 Å². The van der Waals surface area contributed by atoms with E-state index in [1.165, 1.54) is 5.39 Å². The van der Waals surface area contributed by atoms with Crippen LogP contribution in [0, 0.1) is 0 Å². The number of hydrogen-bond acceptors (Lipinski definition) is 4. The number of amides is 2. The number of carbonyl (C=O) groups excluding carboxylic acids is 1. The fourth-order valence-electron chi connectivity index (χ4n) is 3.32. The van der Waals surface area contributed by atoms with Gasteiger partial charge in [-0.25, -0.2) is 9.78 Å². The maximum atomic E-state index is 12.7. The maximum absolute atomic E-state index is 12.7. The van der Waals surface area contributed by atoms with Crippen LogP contribution in [0.1, 0.15) is 11.4 Å². The molecule has 0 spiro atoms. The summed E-state index contributed by atoms with van der Waals surface area (Å²) in [5.74, 6) is 0. The standard InChI is InChI=1S/C20H22N4OS/c25-20(22-18-7-6-16-4-1-2-5-17(16)14-18)24-10-3-9-23(11-12-24)15-19-21-8-13-26-19/h1-2,4-8,13-14H,3,9-12,15H2,(H,22,25). The van der Waals surface area contributed by atoms with E-state index in [-0.39, 0.29) is 6.03 Å². The topological polar surface area (TPSA) is 48.5 Å². The molecule has 0 atom stereocenters. The second-order valence-corrected chi connectivity index (χ2v) is 7.51. The number of urea groups is 1. The van der Waals surface area contributed by atoms with Gasteiger partial charge in [-0.15, -0.1) is 11.3 Å². The summed E-state index contributed by atoms with van der Waals surface area (Å²) in [7, 11) is 0. The van der Waals surface area contributed by atoms with E-state index >= 15 is 0 Å². The molecule has 1 N–H and O–H groups in total. The maximum Gasteiger partial charge on any atom is 0.321 e. The number of anilines is 1. The average Bonchev–Trinajstić information content (AvgIpc) is 3.05. The van der Waals surface area contributed by atoms with Crippen molar-refractivity contribution in [3.63, 3.8) is 0 Å². The predicted octanol–water partition coefficient (Wildman–Crippen LogP) is 4.04. The normalized spacial score (nSPS) is 15.8. The van der Waals surface area contributed by atoms with Crippen molar-refractivity contribution in [2.24, 2.45) is 0 Å². The zero-order valence-corrected chi connectivity index (χ0v) is 15.4. The zero-order chi connectivity index (χ0) is 17.8. The fraction of sp³-hybridized carbons (Fsp3) is 0.300. The van der Waals surface area contributed by atoms with Crippen molar-refractivity contribution < 1.29 is 4.79 Å². The van der Waals surface area contributed by atoms with Gasteiger partial charge in [0, 0.05) is 43.4 Å². The summed E-state index contributed by atoms with van der Waals surface area (Å²) in [5, 5.41) is 8.51. The lowest BCUT2D eigenvalue weighted by Gasteiger charge is -2.22. The molecule has 0 bridgehead atoms. The predicted molar refractivity (Wildman–Crippen MR) is 107 cm³/mol. The Morgan fingerprint density at radius 1 is 1.08 bits per heavy atom. The van der Waals surface area contributed by atoms with E-state index in [0.717, 1.165) is 55.2 Å². The molecule has 6 heteroatoms. The van der Waals surface area contributed by atoms with Crippen molar-refractivity contribution in [2.45, 2.75) is 13.0 Å². The molecule has 26 heavy (non-hydrogen) atoms. The monoisotopic (exact) mass is 366 g/mol. The first-order chi connectivity index (χ1) is 12.8. The van der Waals surface area contributed by atoms with Gasteiger partial charge in [-0.3, -0.25) is 4.90 Å². The van der Waals surface area contributed by atoms with E-state index in [4.69, 9.17) is 0 Å². The van der Waals surface area contributed by atoms with Crippen LogP contribution in [-0.2, 0) is 6.54 Å². The highest BCUT2D eigenvalue weighted by atomic mass is 32.1. The van der Waals surface area contributed by atoms with E-state index in [1.807, 2.05) is 46.8 Å². The Kier molecular flexibility index (Phi) is 5.13. The van der Waals surface area contributed by atoms with Gasteiger partial charge in [0.2, 0.25) is 0 Å². The van der Waals surface area contributed by atoms with E-state index in [0.29, 0.717) is 0 Å². The van der Waals surface area contributed by atoms with Crippen LogP contribution in [0.25, 0.3) is 10.8 Å². The van der Waals surface area contributed by atoms with Gasteiger partial charge in [0.1, 0.15) is 5.01 Å². The van der Waals surface area contributed by atoms with Crippen LogP contribution in [0.2, 0.25) is 0 Å². The third kappa shape index (κ3) is 4.03. The van der Waals surface area contributed by atoms with Crippen LogP contribution < -0.4 is 5.32 Å². The number of aromatic nitrogens is 1. The lowest BCUT2D eigenvalue weighted by Crippen LogP contribution is -2.38. The molecule has 0 unspecified atom stereocenters. The van der Waals surface area contributed by atoms with Gasteiger partial charge in [0.15, 0.2) is 0 Å². The zero-order valence-electron chi connectivity index (χ0n) is 14.6. The Labute approximate surface area is 157 Å². The molecule has 2 amide bonds. The molecule has 0 radical (unpaired) electrons. The number of nitrogens with one attached hydrogen (secondary N) is 1. The fourth-order valence-corrected chi connectivity index (χ4v) is 3.98. The van der Waals surface area contributed by atoms with E-state index < -0.39 is 0 Å². The number of rotatable bonds is 3. The SMILES string of the molecule is O=C(Nc1ccc2ccccc2c1)N1CCCN(Cc2nccs2)CC1. The van der Waals surface area contributed by atoms with Crippen molar-refractivity contribution in [3.8, 4) is 0 Å². The summed E-state index contributed by atoms with van der Waals surface area (Å²) in [4.78, 5) is 21.3. The van der Waals surface area contributed by atoms with E-state index in [1.54, 1.807) is 11.3 Å². The summed E-state index contributed by atoms with van der Waals surface area (Å²) in [5.41, 5.74) is 0.845. The largest absolute Gasteiger partial charge is 0.323 e. The lowest BCUT2D eigenvalue weighted by atomic mass is 10.1. The van der Waals surface area contributed by atoms with E-state index in [2.05, 4.69) is 27.3 Å². The average molecular weight is 366 g/mol. The Hall–Kier alpha value is -2.44. The van der Waals surface area contributed by atoms with Gasteiger partial charge in [0.25, 0.3) is 0 Å². The molecular weight excluding hydrogens is 344 g/mol. The van der Waals surface area contributed by atoms with Crippen LogP contribution >= 0.6 is 11.3 Å². The molecule has 1 aromatic heterocycles. The Bertz CT molecular complexity index is 880. The van der Waals surface area contributed by atoms with Crippen molar-refractivity contribution >= 4 is 33.8 Å². The molecule has 2 heterocycles. The van der Waals surface area contributed by atoms with E-state index in [9.17, 15) is 4.79 Å². The lowest BCUT2D eigenvalue weighted by molar-refractivity contribution is 0.211. The summed E-state index contributed by atoms with van der Waals surface area (Å²) >= 11 is 1.69. The highest BCUT2D eigenvalue weighted by Gasteiger charge is 2.19. The number of nitrogens with zero attached hydrogens (tertiary/aromatic N) is 3. The smallest absolute Gasteiger partial charge is 0.321 e. The second kappa shape index (κ2) is 7.85. The molecular formula is C20H22N4OS. The quantitative estimate of drug-likeness (QED) is 0.761. The van der Waals surface area contributed by atoms with Crippen LogP contribution in [0.4, 0.5) is 10.5 Å². The van der Waals surface area contributed by atoms with Crippen LogP contribution in [-0.4, -0.2) is 47.0 Å². The van der Waals surface area contributed by atoms with Crippen molar-refractivity contribution in [2.75, 3.05) is 31.5 Å². The first-order valence-corrected chi connectivity index (χ1v) is 9.81. The molecule has 0 aliphatic carbocycles. The molecule has 2 aromatic carbocycles. The molecule has 1 aliphatic heterocycles. The number of carbonyl (C=O) groups is 1. The van der Waals surface area contributed by atoms with Crippen molar-refractivity contribution in [3.05, 3.63) is 59.0 Å². The molecule has 1 saturated heterocycles. The van der Waals surface area contributed by atoms with Crippen molar-refractivity contribution in [1.82, 2.24) is 14.8 Å². The highest BCUT2D eigenvalue weighted by molar-refractivity contribution is 7.09. The van der Waals surface area contributed by atoms with Crippen molar-refractivity contribution in [1.29, 1.82) is 0 Å². The van der Waals surface area contributed by atoms with Gasteiger partial charge in [-0.2, -0.15) is 0 Å². The minimum atomic E-state index is -0.0172. The Morgan fingerprint density at radius 3 is 2.81 bits per heavy atom. The first kappa shape index (κ1) is 17.0. The van der Waals surface area contributed by atoms with Gasteiger partial charge >= 0.3 is 6.03 Å². The third-order valence-electron chi connectivity index (χ3n) is 4.72. The number of thiazole rings is 1. The summed E-state index contributed by atoms with van der Waals surface area (Å²) in [6.07, 6.45) is 2.83. The summed E-state index contributed by atoms with van der Waals surface area (Å²) < 4.78 is 0. The molecule has 1 fully saturated rings. The Balaban J connectivity index is 1.36. The van der Waals surface area contributed by atoms with Gasteiger partial charge in [-0.05, 0) is 29.3 Å².